The second kappa shape index (κ2) is 10.9. The molecule has 2 aliphatic heterocycles. The molecule has 2 amide bonds. The Morgan fingerprint density at radius 1 is 1.31 bits per heavy atom. The standard InChI is InChI=1S/C21H28ClN5O6S2/c1-14-23-19(33-24-14)13-17(20(28)26-8-10-32-11-9-26)27-7-5-16(21(27)29)25(2)35(30,31)12-6-15-3-4-18(22)34-15/h3-4,16-17H,5-13H2,1-2H3/t16-,17-/m0/s1. The highest BCUT2D eigenvalue weighted by Crippen LogP contribution is 2.26. The first kappa shape index (κ1) is 26.0. The zero-order valence-corrected chi connectivity index (χ0v) is 21.9. The van der Waals surface area contributed by atoms with Gasteiger partial charge in [0.25, 0.3) is 0 Å². The number of rotatable bonds is 9. The molecule has 0 saturated carbocycles. The molecule has 2 atom stereocenters. The molecular formula is C21H28ClN5O6S2. The van der Waals surface area contributed by atoms with E-state index in [0.29, 0.717) is 42.9 Å². The van der Waals surface area contributed by atoms with E-state index >= 15 is 0 Å². The molecule has 2 aromatic heterocycles. The molecule has 2 aromatic rings. The lowest BCUT2D eigenvalue weighted by atomic mass is 10.1. The number of hydrogen-bond acceptors (Lipinski definition) is 9. The number of aryl methyl sites for hydroxylation is 2. The summed E-state index contributed by atoms with van der Waals surface area (Å²) in [5.41, 5.74) is 0. The van der Waals surface area contributed by atoms with Gasteiger partial charge in [-0.15, -0.1) is 11.3 Å². The Bertz CT molecular complexity index is 1160. The first-order valence-electron chi connectivity index (χ1n) is 11.3. The molecule has 4 rings (SSSR count). The van der Waals surface area contributed by atoms with Crippen molar-refractivity contribution in [3.63, 3.8) is 0 Å². The van der Waals surface area contributed by atoms with E-state index in [1.54, 1.807) is 24.0 Å². The van der Waals surface area contributed by atoms with Gasteiger partial charge >= 0.3 is 0 Å². The van der Waals surface area contributed by atoms with E-state index in [1.165, 1.54) is 23.3 Å². The Hall–Kier alpha value is -2.06. The van der Waals surface area contributed by atoms with Crippen LogP contribution in [0.15, 0.2) is 16.7 Å². The van der Waals surface area contributed by atoms with Crippen LogP contribution in [0.3, 0.4) is 0 Å². The van der Waals surface area contributed by atoms with Crippen LogP contribution in [0.25, 0.3) is 0 Å². The molecule has 2 aliphatic rings. The maximum absolute atomic E-state index is 13.4. The molecular weight excluding hydrogens is 518 g/mol. The summed E-state index contributed by atoms with van der Waals surface area (Å²) in [5, 5.41) is 3.78. The van der Waals surface area contributed by atoms with Gasteiger partial charge in [-0.05, 0) is 31.9 Å². The molecule has 0 aliphatic carbocycles. The molecule has 4 heterocycles. The monoisotopic (exact) mass is 545 g/mol. The van der Waals surface area contributed by atoms with Gasteiger partial charge in [-0.3, -0.25) is 9.59 Å². The van der Waals surface area contributed by atoms with E-state index in [4.69, 9.17) is 20.9 Å². The van der Waals surface area contributed by atoms with Crippen molar-refractivity contribution in [2.24, 2.45) is 0 Å². The van der Waals surface area contributed by atoms with Crippen molar-refractivity contribution < 1.29 is 27.3 Å². The number of halogens is 1. The van der Waals surface area contributed by atoms with Gasteiger partial charge in [0.05, 0.1) is 29.7 Å². The number of morpholine rings is 1. The van der Waals surface area contributed by atoms with Gasteiger partial charge < -0.3 is 19.1 Å². The first-order chi connectivity index (χ1) is 16.7. The molecule has 0 aromatic carbocycles. The van der Waals surface area contributed by atoms with Gasteiger partial charge in [0.15, 0.2) is 5.82 Å². The number of likely N-dealkylation sites (tertiary alicyclic amines) is 1. The van der Waals surface area contributed by atoms with E-state index in [1.807, 2.05) is 0 Å². The van der Waals surface area contributed by atoms with Crippen molar-refractivity contribution in [2.45, 2.75) is 38.3 Å². The number of ether oxygens (including phenoxy) is 1. The number of hydrogen-bond donors (Lipinski definition) is 0. The van der Waals surface area contributed by atoms with Crippen LogP contribution in [-0.2, 0) is 37.2 Å². The largest absolute Gasteiger partial charge is 0.378 e. The lowest BCUT2D eigenvalue weighted by Crippen LogP contribution is -2.54. The highest BCUT2D eigenvalue weighted by molar-refractivity contribution is 7.89. The predicted octanol–water partition coefficient (Wildman–Crippen LogP) is 0.968. The van der Waals surface area contributed by atoms with Gasteiger partial charge in [-0.25, -0.2) is 8.42 Å². The summed E-state index contributed by atoms with van der Waals surface area (Å²) in [7, 11) is -2.29. The van der Waals surface area contributed by atoms with Gasteiger partial charge in [-0.1, -0.05) is 16.8 Å². The molecule has 2 fully saturated rings. The normalized spacial score (nSPS) is 20.1. The summed E-state index contributed by atoms with van der Waals surface area (Å²) in [5.74, 6) is -0.0973. The van der Waals surface area contributed by atoms with Gasteiger partial charge in [0.1, 0.15) is 12.1 Å². The van der Waals surface area contributed by atoms with E-state index in [9.17, 15) is 18.0 Å². The predicted molar refractivity (Wildman–Crippen MR) is 129 cm³/mol. The van der Waals surface area contributed by atoms with E-state index < -0.39 is 28.0 Å². The van der Waals surface area contributed by atoms with Crippen LogP contribution in [0.4, 0.5) is 0 Å². The average Bonchev–Trinajstić information content (AvgIpc) is 3.56. The fourth-order valence-electron chi connectivity index (χ4n) is 4.30. The molecule has 14 heteroatoms. The van der Waals surface area contributed by atoms with Gasteiger partial charge in [0, 0.05) is 31.6 Å². The SMILES string of the molecule is Cc1noc(C[C@@H](C(=O)N2CCOCC2)N2CC[C@H](N(C)S(=O)(=O)CCc3ccc(Cl)s3)C2=O)n1. The summed E-state index contributed by atoms with van der Waals surface area (Å²) in [6.07, 6.45) is 0.656. The molecule has 35 heavy (non-hydrogen) atoms. The Morgan fingerprint density at radius 2 is 2.06 bits per heavy atom. The number of amides is 2. The highest BCUT2D eigenvalue weighted by atomic mass is 35.5. The third kappa shape index (κ3) is 6.02. The minimum Gasteiger partial charge on any atom is -0.378 e. The van der Waals surface area contributed by atoms with Crippen LogP contribution < -0.4 is 0 Å². The second-order valence-corrected chi connectivity index (χ2v) is 12.5. The van der Waals surface area contributed by atoms with Gasteiger partial charge in [-0.2, -0.15) is 9.29 Å². The van der Waals surface area contributed by atoms with Crippen molar-refractivity contribution in [1.29, 1.82) is 0 Å². The Balaban J connectivity index is 1.48. The summed E-state index contributed by atoms with van der Waals surface area (Å²) in [6.45, 7) is 3.61. The number of carbonyl (C=O) groups excluding carboxylic acids is 2. The van der Waals surface area contributed by atoms with Crippen molar-refractivity contribution in [3.05, 3.63) is 33.1 Å². The second-order valence-electron chi connectivity index (χ2n) is 8.52. The fourth-order valence-corrected chi connectivity index (χ4v) is 6.87. The Labute approximate surface area is 213 Å². The minimum absolute atomic E-state index is 0.0606. The Kier molecular flexibility index (Phi) is 8.11. The number of aromatic nitrogens is 2. The minimum atomic E-state index is -3.71. The van der Waals surface area contributed by atoms with Crippen molar-refractivity contribution in [1.82, 2.24) is 24.2 Å². The molecule has 0 bridgehead atoms. The molecule has 192 valence electrons. The van der Waals surface area contributed by atoms with Crippen LogP contribution >= 0.6 is 22.9 Å². The van der Waals surface area contributed by atoms with E-state index in [2.05, 4.69) is 10.1 Å². The van der Waals surface area contributed by atoms with Gasteiger partial charge in [0.2, 0.25) is 27.7 Å². The van der Waals surface area contributed by atoms with Crippen LogP contribution in [0.2, 0.25) is 4.34 Å². The van der Waals surface area contributed by atoms with Crippen LogP contribution in [0, 0.1) is 6.92 Å². The fraction of sp³-hybridized carbons (Fsp3) is 0.619. The zero-order chi connectivity index (χ0) is 25.2. The number of thiophene rings is 1. The number of nitrogens with zero attached hydrogens (tertiary/aromatic N) is 5. The maximum Gasteiger partial charge on any atom is 0.246 e. The highest BCUT2D eigenvalue weighted by Gasteiger charge is 2.45. The van der Waals surface area contributed by atoms with E-state index in [0.717, 1.165) is 9.18 Å². The lowest BCUT2D eigenvalue weighted by Gasteiger charge is -2.34. The molecule has 2 saturated heterocycles. The summed E-state index contributed by atoms with van der Waals surface area (Å²) in [6, 6.07) is 1.78. The first-order valence-corrected chi connectivity index (χ1v) is 14.1. The number of likely N-dealkylation sites (N-methyl/N-ethyl adjacent to an activating group) is 1. The zero-order valence-electron chi connectivity index (χ0n) is 19.6. The Morgan fingerprint density at radius 3 is 2.69 bits per heavy atom. The third-order valence-corrected chi connectivity index (χ3v) is 9.39. The lowest BCUT2D eigenvalue weighted by molar-refractivity contribution is -0.147. The quantitative estimate of drug-likeness (QED) is 0.456. The summed E-state index contributed by atoms with van der Waals surface area (Å²) < 4.78 is 38.3. The van der Waals surface area contributed by atoms with Crippen molar-refractivity contribution in [3.8, 4) is 0 Å². The van der Waals surface area contributed by atoms with Crippen molar-refractivity contribution in [2.75, 3.05) is 45.6 Å². The smallest absolute Gasteiger partial charge is 0.246 e. The van der Waals surface area contributed by atoms with Crippen LogP contribution in [-0.4, -0.2) is 102 Å². The topological polar surface area (TPSA) is 126 Å². The summed E-state index contributed by atoms with van der Waals surface area (Å²) in [4.78, 5) is 35.0. The van der Waals surface area contributed by atoms with E-state index in [-0.39, 0.29) is 36.9 Å². The molecule has 0 radical (unpaired) electrons. The van der Waals surface area contributed by atoms with Crippen LogP contribution in [0.5, 0.6) is 0 Å². The van der Waals surface area contributed by atoms with Crippen LogP contribution in [0.1, 0.15) is 23.0 Å². The number of sulfonamides is 1. The number of carbonyl (C=O) groups is 2. The average molecular weight is 546 g/mol. The molecule has 0 unspecified atom stereocenters. The summed E-state index contributed by atoms with van der Waals surface area (Å²) >= 11 is 7.27. The molecule has 11 nitrogen and oxygen atoms in total. The maximum atomic E-state index is 13.4. The van der Waals surface area contributed by atoms with Crippen molar-refractivity contribution >= 4 is 44.8 Å². The molecule has 0 spiro atoms. The third-order valence-electron chi connectivity index (χ3n) is 6.25. The molecule has 0 N–H and O–H groups in total.